The number of nitrogens with zero attached hydrogens (tertiary/aromatic N) is 4. The Morgan fingerprint density at radius 2 is 2.18 bits per heavy atom. The molecule has 0 saturated carbocycles. The average molecular weight is 380 g/mol. The predicted octanol–water partition coefficient (Wildman–Crippen LogP) is 2.40. The summed E-state index contributed by atoms with van der Waals surface area (Å²) in [4.78, 5) is 30.4. The highest BCUT2D eigenvalue weighted by atomic mass is 16.5. The van der Waals surface area contributed by atoms with Gasteiger partial charge in [-0.25, -0.2) is 15.0 Å². The second kappa shape index (κ2) is 8.24. The quantitative estimate of drug-likeness (QED) is 0.682. The van der Waals surface area contributed by atoms with Crippen LogP contribution in [0.3, 0.4) is 0 Å². The molecule has 0 spiro atoms. The molecular weight excluding hydrogens is 356 g/mol. The molecular formula is C20H24N6O2. The number of ether oxygens (including phenoxy) is 1. The van der Waals surface area contributed by atoms with Gasteiger partial charge in [0.15, 0.2) is 0 Å². The number of anilines is 1. The van der Waals surface area contributed by atoms with E-state index in [4.69, 9.17) is 4.74 Å². The first-order chi connectivity index (χ1) is 13.7. The summed E-state index contributed by atoms with van der Waals surface area (Å²) in [7, 11) is 0. The van der Waals surface area contributed by atoms with Gasteiger partial charge in [-0.1, -0.05) is 0 Å². The molecule has 8 heteroatoms. The van der Waals surface area contributed by atoms with Crippen LogP contribution >= 0.6 is 0 Å². The van der Waals surface area contributed by atoms with E-state index in [9.17, 15) is 4.79 Å². The Balaban J connectivity index is 1.31. The fourth-order valence-electron chi connectivity index (χ4n) is 3.56. The third-order valence-electron chi connectivity index (χ3n) is 5.01. The number of hydrogen-bond donors (Lipinski definition) is 2. The van der Waals surface area contributed by atoms with E-state index in [1.165, 1.54) is 6.33 Å². The standard InChI is InChI=1S/C20H24N6O2/c1-2-28-18-11-17(23-13-24-18)25-15-5-8-26(9-6-15)19(27)10-14-12-22-20-16(14)4-3-7-21-20/h3-4,7,11-13,15H,2,5-6,8-10H2,1H3,(H,21,22)(H,23,24,25). The average Bonchev–Trinajstić information content (AvgIpc) is 3.12. The number of likely N-dealkylation sites (tertiary alicyclic amines) is 1. The van der Waals surface area contributed by atoms with Crippen molar-refractivity contribution in [3.63, 3.8) is 0 Å². The van der Waals surface area contributed by atoms with Crippen LogP contribution in [0, 0.1) is 0 Å². The molecule has 1 amide bonds. The molecule has 28 heavy (non-hydrogen) atoms. The number of nitrogens with one attached hydrogen (secondary N) is 2. The molecule has 0 unspecified atom stereocenters. The Morgan fingerprint density at radius 1 is 1.32 bits per heavy atom. The van der Waals surface area contributed by atoms with Crippen LogP contribution in [-0.2, 0) is 11.2 Å². The lowest BCUT2D eigenvalue weighted by Gasteiger charge is -2.32. The van der Waals surface area contributed by atoms with Gasteiger partial charge < -0.3 is 19.9 Å². The Kier molecular flexibility index (Phi) is 5.36. The van der Waals surface area contributed by atoms with Gasteiger partial charge in [0.1, 0.15) is 17.8 Å². The molecule has 3 aromatic rings. The zero-order chi connectivity index (χ0) is 19.3. The summed E-state index contributed by atoms with van der Waals surface area (Å²) in [6, 6.07) is 5.98. The van der Waals surface area contributed by atoms with Gasteiger partial charge in [0, 0.05) is 43.0 Å². The van der Waals surface area contributed by atoms with E-state index in [0.29, 0.717) is 18.9 Å². The molecule has 1 saturated heterocycles. The van der Waals surface area contributed by atoms with E-state index >= 15 is 0 Å². The molecule has 0 radical (unpaired) electrons. The summed E-state index contributed by atoms with van der Waals surface area (Å²) in [6.45, 7) is 3.97. The SMILES string of the molecule is CCOc1cc(NC2CCN(C(=O)Cc3c[nH]c4ncccc34)CC2)ncn1. The van der Waals surface area contributed by atoms with Gasteiger partial charge >= 0.3 is 0 Å². The van der Waals surface area contributed by atoms with Crippen molar-refractivity contribution in [2.75, 3.05) is 25.0 Å². The lowest BCUT2D eigenvalue weighted by molar-refractivity contribution is -0.131. The van der Waals surface area contributed by atoms with Crippen molar-refractivity contribution in [3.05, 3.63) is 42.5 Å². The molecule has 4 heterocycles. The number of carbonyl (C=O) groups excluding carboxylic acids is 1. The molecule has 1 aliphatic heterocycles. The summed E-state index contributed by atoms with van der Waals surface area (Å²) >= 11 is 0. The third-order valence-corrected chi connectivity index (χ3v) is 5.01. The topological polar surface area (TPSA) is 96.0 Å². The number of H-pyrrole nitrogens is 1. The second-order valence-electron chi connectivity index (χ2n) is 6.86. The zero-order valence-electron chi connectivity index (χ0n) is 15.9. The van der Waals surface area contributed by atoms with Gasteiger partial charge in [0.25, 0.3) is 0 Å². The first-order valence-electron chi connectivity index (χ1n) is 9.63. The Morgan fingerprint density at radius 3 is 3.00 bits per heavy atom. The highest BCUT2D eigenvalue weighted by Gasteiger charge is 2.23. The maximum absolute atomic E-state index is 12.7. The fraction of sp³-hybridized carbons (Fsp3) is 0.400. The van der Waals surface area contributed by atoms with Crippen LogP contribution in [0.15, 0.2) is 36.9 Å². The molecule has 146 valence electrons. The minimum absolute atomic E-state index is 0.156. The van der Waals surface area contributed by atoms with E-state index in [2.05, 4.69) is 25.3 Å². The highest BCUT2D eigenvalue weighted by Crippen LogP contribution is 2.20. The van der Waals surface area contributed by atoms with Crippen LogP contribution in [0.1, 0.15) is 25.3 Å². The number of rotatable bonds is 6. The minimum atomic E-state index is 0.156. The molecule has 0 aromatic carbocycles. The van der Waals surface area contributed by atoms with E-state index in [-0.39, 0.29) is 11.9 Å². The van der Waals surface area contributed by atoms with E-state index in [0.717, 1.165) is 48.3 Å². The van der Waals surface area contributed by atoms with Gasteiger partial charge in [-0.3, -0.25) is 4.79 Å². The van der Waals surface area contributed by atoms with Crippen molar-refractivity contribution in [3.8, 4) is 5.88 Å². The largest absolute Gasteiger partial charge is 0.478 e. The van der Waals surface area contributed by atoms with Crippen molar-refractivity contribution in [1.82, 2.24) is 24.8 Å². The number of carbonyl (C=O) groups is 1. The minimum Gasteiger partial charge on any atom is -0.478 e. The first-order valence-corrected chi connectivity index (χ1v) is 9.63. The second-order valence-corrected chi connectivity index (χ2v) is 6.86. The molecule has 0 aliphatic carbocycles. The normalized spacial score (nSPS) is 15.0. The number of fused-ring (bicyclic) bond motifs is 1. The molecule has 1 aliphatic rings. The summed E-state index contributed by atoms with van der Waals surface area (Å²) in [6.07, 6.45) is 7.30. The monoisotopic (exact) mass is 380 g/mol. The summed E-state index contributed by atoms with van der Waals surface area (Å²) in [5.74, 6) is 1.49. The number of aromatic amines is 1. The summed E-state index contributed by atoms with van der Waals surface area (Å²) < 4.78 is 5.41. The molecule has 8 nitrogen and oxygen atoms in total. The molecule has 4 rings (SSSR count). The number of pyridine rings is 1. The van der Waals surface area contributed by atoms with Crippen molar-refractivity contribution in [2.45, 2.75) is 32.2 Å². The fourth-order valence-corrected chi connectivity index (χ4v) is 3.56. The van der Waals surface area contributed by atoms with E-state index < -0.39 is 0 Å². The maximum Gasteiger partial charge on any atom is 0.227 e. The third kappa shape index (κ3) is 4.05. The van der Waals surface area contributed by atoms with Gasteiger partial charge in [-0.15, -0.1) is 0 Å². The van der Waals surface area contributed by atoms with Gasteiger partial charge in [-0.05, 0) is 37.5 Å². The molecule has 1 fully saturated rings. The number of amides is 1. The van der Waals surface area contributed by atoms with Crippen LogP contribution in [0.5, 0.6) is 5.88 Å². The van der Waals surface area contributed by atoms with E-state index in [1.807, 2.05) is 36.2 Å². The van der Waals surface area contributed by atoms with Gasteiger partial charge in [-0.2, -0.15) is 0 Å². The molecule has 0 bridgehead atoms. The summed E-state index contributed by atoms with van der Waals surface area (Å²) in [5.41, 5.74) is 1.82. The first kappa shape index (κ1) is 18.2. The van der Waals surface area contributed by atoms with Crippen molar-refractivity contribution < 1.29 is 9.53 Å². The smallest absolute Gasteiger partial charge is 0.227 e. The van der Waals surface area contributed by atoms with Crippen LogP contribution < -0.4 is 10.1 Å². The Hall–Kier alpha value is -3.16. The number of aromatic nitrogens is 4. The maximum atomic E-state index is 12.7. The van der Waals surface area contributed by atoms with Crippen LogP contribution in [0.2, 0.25) is 0 Å². The van der Waals surface area contributed by atoms with Crippen LogP contribution in [-0.4, -0.2) is 56.5 Å². The Labute approximate surface area is 163 Å². The Bertz CT molecular complexity index is 949. The van der Waals surface area contributed by atoms with Crippen molar-refractivity contribution in [1.29, 1.82) is 0 Å². The van der Waals surface area contributed by atoms with Crippen LogP contribution in [0.25, 0.3) is 11.0 Å². The van der Waals surface area contributed by atoms with Crippen molar-refractivity contribution >= 4 is 22.8 Å². The lowest BCUT2D eigenvalue weighted by atomic mass is 10.0. The zero-order valence-corrected chi connectivity index (χ0v) is 15.9. The van der Waals surface area contributed by atoms with Crippen molar-refractivity contribution in [2.24, 2.45) is 0 Å². The molecule has 3 aromatic heterocycles. The van der Waals surface area contributed by atoms with Crippen LogP contribution in [0.4, 0.5) is 5.82 Å². The number of piperidine rings is 1. The van der Waals surface area contributed by atoms with Gasteiger partial charge in [0.2, 0.25) is 11.8 Å². The summed E-state index contributed by atoms with van der Waals surface area (Å²) in [5, 5.41) is 4.44. The van der Waals surface area contributed by atoms with E-state index in [1.54, 1.807) is 6.20 Å². The van der Waals surface area contributed by atoms with Gasteiger partial charge in [0.05, 0.1) is 13.0 Å². The lowest BCUT2D eigenvalue weighted by Crippen LogP contribution is -2.43. The molecule has 2 N–H and O–H groups in total. The molecule has 0 atom stereocenters. The highest BCUT2D eigenvalue weighted by molar-refractivity contribution is 5.87. The number of hydrogen-bond acceptors (Lipinski definition) is 6. The predicted molar refractivity (Wildman–Crippen MR) is 106 cm³/mol.